The number of Topliss-reactive ketones (excluding diaryl/α,β-unsaturated/α-hetero) is 1. The molecule has 0 spiro atoms. The third-order valence-electron chi connectivity index (χ3n) is 3.51. The summed E-state index contributed by atoms with van der Waals surface area (Å²) < 4.78 is 5.22. The minimum atomic E-state index is -0.397. The molecule has 0 saturated carbocycles. The van der Waals surface area contributed by atoms with Gasteiger partial charge in [-0.15, -0.1) is 0 Å². The lowest BCUT2D eigenvalue weighted by Crippen LogP contribution is -2.44. The van der Waals surface area contributed by atoms with E-state index in [0.717, 1.165) is 18.4 Å². The molecule has 1 saturated heterocycles. The number of piperidine rings is 1. The summed E-state index contributed by atoms with van der Waals surface area (Å²) in [6.45, 7) is 3.05. The molecule has 0 bridgehead atoms. The monoisotopic (exact) mass is 261 g/mol. The van der Waals surface area contributed by atoms with Crippen LogP contribution in [-0.2, 0) is 16.1 Å². The molecule has 102 valence electrons. The predicted molar refractivity (Wildman–Crippen MR) is 71.6 cm³/mol. The number of likely N-dealkylation sites (tertiary alicyclic amines) is 1. The average Bonchev–Trinajstić information content (AvgIpc) is 2.45. The summed E-state index contributed by atoms with van der Waals surface area (Å²) >= 11 is 0. The molecule has 2 rings (SSSR count). The molecule has 4 heteroatoms. The number of ketones is 1. The second-order valence-corrected chi connectivity index (χ2v) is 4.82. The summed E-state index contributed by atoms with van der Waals surface area (Å²) in [5, 5.41) is 0. The van der Waals surface area contributed by atoms with Gasteiger partial charge in [-0.1, -0.05) is 37.3 Å². The van der Waals surface area contributed by atoms with Gasteiger partial charge in [0.15, 0.2) is 5.78 Å². The second kappa shape index (κ2) is 6.36. The Morgan fingerprint density at radius 2 is 2.11 bits per heavy atom. The van der Waals surface area contributed by atoms with Gasteiger partial charge in [-0.25, -0.2) is 4.79 Å². The van der Waals surface area contributed by atoms with Gasteiger partial charge in [-0.05, 0) is 18.4 Å². The van der Waals surface area contributed by atoms with Gasteiger partial charge in [0.05, 0.1) is 6.54 Å². The summed E-state index contributed by atoms with van der Waals surface area (Å²) in [7, 11) is 0. The molecule has 4 nitrogen and oxygen atoms in total. The van der Waals surface area contributed by atoms with Crippen LogP contribution in [-0.4, -0.2) is 29.9 Å². The van der Waals surface area contributed by atoms with Crippen LogP contribution < -0.4 is 0 Å². The van der Waals surface area contributed by atoms with Crippen LogP contribution in [0.4, 0.5) is 4.79 Å². The molecule has 0 N–H and O–H groups in total. The number of rotatable bonds is 3. The van der Waals surface area contributed by atoms with Crippen molar-refractivity contribution in [3.05, 3.63) is 35.9 Å². The molecule has 1 aliphatic rings. The molecule has 0 radical (unpaired) electrons. The number of nitrogens with zero attached hydrogens (tertiary/aromatic N) is 1. The van der Waals surface area contributed by atoms with Crippen LogP contribution >= 0.6 is 0 Å². The van der Waals surface area contributed by atoms with E-state index in [1.54, 1.807) is 0 Å². The number of amides is 1. The van der Waals surface area contributed by atoms with E-state index in [0.29, 0.717) is 6.54 Å². The number of carbonyl (C=O) groups excluding carboxylic acids is 2. The minimum absolute atomic E-state index is 0.109. The van der Waals surface area contributed by atoms with E-state index in [2.05, 4.69) is 0 Å². The van der Waals surface area contributed by atoms with Crippen molar-refractivity contribution in [2.45, 2.75) is 26.4 Å². The topological polar surface area (TPSA) is 46.6 Å². The number of hydrogen-bond donors (Lipinski definition) is 0. The molecule has 1 atom stereocenters. The van der Waals surface area contributed by atoms with Crippen molar-refractivity contribution in [2.24, 2.45) is 5.92 Å². The van der Waals surface area contributed by atoms with Crippen LogP contribution in [0.25, 0.3) is 0 Å². The molecule has 1 unspecified atom stereocenters. The van der Waals surface area contributed by atoms with Crippen LogP contribution in [0.15, 0.2) is 30.3 Å². The van der Waals surface area contributed by atoms with Gasteiger partial charge in [0, 0.05) is 12.5 Å². The fourth-order valence-corrected chi connectivity index (χ4v) is 2.27. The third kappa shape index (κ3) is 3.56. The molecule has 0 aromatic heterocycles. The maximum Gasteiger partial charge on any atom is 0.410 e. The molecular formula is C15H19NO3. The first-order valence-electron chi connectivity index (χ1n) is 6.69. The van der Waals surface area contributed by atoms with Gasteiger partial charge in [0.25, 0.3) is 0 Å². The number of ether oxygens (including phenoxy) is 1. The van der Waals surface area contributed by atoms with Crippen molar-refractivity contribution in [3.63, 3.8) is 0 Å². The summed E-state index contributed by atoms with van der Waals surface area (Å²) in [5.41, 5.74) is 0.950. The van der Waals surface area contributed by atoms with Crippen molar-refractivity contribution in [2.75, 3.05) is 13.1 Å². The summed E-state index contributed by atoms with van der Waals surface area (Å²) in [6, 6.07) is 9.53. The molecule has 1 fully saturated rings. The third-order valence-corrected chi connectivity index (χ3v) is 3.51. The van der Waals surface area contributed by atoms with Gasteiger partial charge in [0.2, 0.25) is 0 Å². The quantitative estimate of drug-likeness (QED) is 0.840. The summed E-state index contributed by atoms with van der Waals surface area (Å²) in [6.07, 6.45) is 1.20. The van der Waals surface area contributed by atoms with E-state index < -0.39 is 6.09 Å². The zero-order valence-corrected chi connectivity index (χ0v) is 11.2. The second-order valence-electron chi connectivity index (χ2n) is 4.82. The summed E-state index contributed by atoms with van der Waals surface area (Å²) in [4.78, 5) is 25.1. The molecule has 1 aromatic carbocycles. The SMILES string of the molecule is CCC1CCN(C(=O)OCc2ccccc2)CC1=O. The zero-order valence-electron chi connectivity index (χ0n) is 11.2. The van der Waals surface area contributed by atoms with E-state index >= 15 is 0 Å². The Balaban J connectivity index is 1.83. The Bertz CT molecular complexity index is 444. The molecular weight excluding hydrogens is 242 g/mol. The average molecular weight is 261 g/mol. The van der Waals surface area contributed by atoms with Crippen molar-refractivity contribution >= 4 is 11.9 Å². The minimum Gasteiger partial charge on any atom is -0.445 e. The molecule has 0 aliphatic carbocycles. The fraction of sp³-hybridized carbons (Fsp3) is 0.467. The van der Waals surface area contributed by atoms with E-state index in [-0.39, 0.29) is 24.9 Å². The van der Waals surface area contributed by atoms with Crippen LogP contribution in [0.5, 0.6) is 0 Å². The van der Waals surface area contributed by atoms with Gasteiger partial charge in [-0.3, -0.25) is 4.79 Å². The van der Waals surface area contributed by atoms with Crippen LogP contribution in [0.3, 0.4) is 0 Å². The Morgan fingerprint density at radius 1 is 1.37 bits per heavy atom. The van der Waals surface area contributed by atoms with Crippen LogP contribution in [0, 0.1) is 5.92 Å². The first-order valence-corrected chi connectivity index (χ1v) is 6.69. The van der Waals surface area contributed by atoms with E-state index in [9.17, 15) is 9.59 Å². The van der Waals surface area contributed by atoms with Crippen LogP contribution in [0.1, 0.15) is 25.3 Å². The Kier molecular flexibility index (Phi) is 4.55. The highest BCUT2D eigenvalue weighted by molar-refractivity contribution is 5.87. The molecule has 1 aliphatic heterocycles. The Morgan fingerprint density at radius 3 is 2.74 bits per heavy atom. The van der Waals surface area contributed by atoms with Gasteiger partial charge >= 0.3 is 6.09 Å². The molecule has 1 heterocycles. The lowest BCUT2D eigenvalue weighted by molar-refractivity contribution is -0.126. The highest BCUT2D eigenvalue weighted by atomic mass is 16.6. The highest BCUT2D eigenvalue weighted by Crippen LogP contribution is 2.17. The lowest BCUT2D eigenvalue weighted by atomic mass is 9.93. The van der Waals surface area contributed by atoms with Crippen LogP contribution in [0.2, 0.25) is 0 Å². The van der Waals surface area contributed by atoms with E-state index in [1.807, 2.05) is 37.3 Å². The predicted octanol–water partition coefficient (Wildman–Crippen LogP) is 2.62. The Labute approximate surface area is 113 Å². The number of carbonyl (C=O) groups is 2. The molecule has 1 aromatic rings. The highest BCUT2D eigenvalue weighted by Gasteiger charge is 2.29. The van der Waals surface area contributed by atoms with Gasteiger partial charge < -0.3 is 9.64 Å². The fourth-order valence-electron chi connectivity index (χ4n) is 2.27. The summed E-state index contributed by atoms with van der Waals surface area (Å²) in [5.74, 6) is 0.253. The van der Waals surface area contributed by atoms with Crippen molar-refractivity contribution in [3.8, 4) is 0 Å². The van der Waals surface area contributed by atoms with Crippen molar-refractivity contribution in [1.29, 1.82) is 0 Å². The number of hydrogen-bond acceptors (Lipinski definition) is 3. The maximum absolute atomic E-state index is 11.9. The van der Waals surface area contributed by atoms with Crippen molar-refractivity contribution < 1.29 is 14.3 Å². The van der Waals surface area contributed by atoms with E-state index in [1.165, 1.54) is 4.90 Å². The Hall–Kier alpha value is -1.84. The van der Waals surface area contributed by atoms with E-state index in [4.69, 9.17) is 4.74 Å². The standard InChI is InChI=1S/C15H19NO3/c1-2-13-8-9-16(10-14(13)17)15(18)19-11-12-6-4-3-5-7-12/h3-7,13H,2,8-11H2,1H3. The maximum atomic E-state index is 11.9. The first-order chi connectivity index (χ1) is 9.20. The first kappa shape index (κ1) is 13.6. The van der Waals surface area contributed by atoms with Gasteiger partial charge in [0.1, 0.15) is 6.61 Å². The smallest absolute Gasteiger partial charge is 0.410 e. The lowest BCUT2D eigenvalue weighted by Gasteiger charge is -2.29. The molecule has 19 heavy (non-hydrogen) atoms. The van der Waals surface area contributed by atoms with Gasteiger partial charge in [-0.2, -0.15) is 0 Å². The normalized spacial score (nSPS) is 19.3. The molecule has 1 amide bonds. The zero-order chi connectivity index (χ0) is 13.7. The van der Waals surface area contributed by atoms with Crippen molar-refractivity contribution in [1.82, 2.24) is 4.90 Å². The largest absolute Gasteiger partial charge is 0.445 e. The number of benzene rings is 1.